The first-order valence-corrected chi connectivity index (χ1v) is 7.68. The maximum absolute atomic E-state index is 11.2. The topological polar surface area (TPSA) is 79.5 Å². The van der Waals surface area contributed by atoms with E-state index in [2.05, 4.69) is 0 Å². The molecule has 21 heavy (non-hydrogen) atoms. The number of aliphatic carboxylic acids is 2. The highest BCUT2D eigenvalue weighted by Gasteiger charge is 2.17. The Morgan fingerprint density at radius 3 is 1.90 bits per heavy atom. The van der Waals surface area contributed by atoms with Crippen LogP contribution in [0, 0.1) is 0 Å². The van der Waals surface area contributed by atoms with Crippen molar-refractivity contribution in [3.05, 3.63) is 24.5 Å². The van der Waals surface area contributed by atoms with Gasteiger partial charge in [0.25, 0.3) is 0 Å². The van der Waals surface area contributed by atoms with Crippen molar-refractivity contribution >= 4 is 11.9 Å². The molecule has 0 saturated heterocycles. The second-order valence-electron chi connectivity index (χ2n) is 5.39. The third kappa shape index (κ3) is 7.54. The lowest BCUT2D eigenvalue weighted by Gasteiger charge is -2.14. The van der Waals surface area contributed by atoms with Crippen LogP contribution in [0.4, 0.5) is 0 Å². The summed E-state index contributed by atoms with van der Waals surface area (Å²) in [4.78, 5) is 21.6. The first-order valence-electron chi connectivity index (χ1n) is 7.68. The number of hydrogen-bond donors (Lipinski definition) is 2. The molecule has 2 N–H and O–H groups in total. The molecule has 0 bridgehead atoms. The summed E-state index contributed by atoms with van der Waals surface area (Å²) < 4.78 is 1.74. The van der Waals surface area contributed by atoms with Crippen molar-refractivity contribution in [3.63, 3.8) is 0 Å². The fourth-order valence-corrected chi connectivity index (χ4v) is 2.45. The van der Waals surface area contributed by atoms with Crippen LogP contribution < -0.4 is 0 Å². The minimum atomic E-state index is -0.778. The standard InChI is InChI=1S/C16H25NO4/c18-15(19)11-7-5-3-1-2-4-6-10-14(16(20)21)17-12-8-9-13-17/h8-9,12-14H,1-7,10-11H2,(H,18,19)(H,20,21). The van der Waals surface area contributed by atoms with Crippen molar-refractivity contribution in [1.29, 1.82) is 0 Å². The number of aromatic nitrogens is 1. The Kier molecular flexibility index (Phi) is 8.24. The van der Waals surface area contributed by atoms with Gasteiger partial charge in [0, 0.05) is 18.8 Å². The molecule has 1 rings (SSSR count). The molecule has 0 amide bonds. The van der Waals surface area contributed by atoms with Gasteiger partial charge in [0.15, 0.2) is 0 Å². The monoisotopic (exact) mass is 295 g/mol. The van der Waals surface area contributed by atoms with E-state index in [1.165, 1.54) is 0 Å². The summed E-state index contributed by atoms with van der Waals surface area (Å²) in [6.45, 7) is 0. The summed E-state index contributed by atoms with van der Waals surface area (Å²) in [7, 11) is 0. The van der Waals surface area contributed by atoms with Crippen LogP contribution in [0.15, 0.2) is 24.5 Å². The van der Waals surface area contributed by atoms with Crippen LogP contribution >= 0.6 is 0 Å². The van der Waals surface area contributed by atoms with E-state index in [0.717, 1.165) is 44.9 Å². The summed E-state index contributed by atoms with van der Waals surface area (Å²) in [5.74, 6) is -1.50. The average molecular weight is 295 g/mol. The second kappa shape index (κ2) is 10.0. The van der Waals surface area contributed by atoms with Crippen molar-refractivity contribution in [2.24, 2.45) is 0 Å². The third-order valence-electron chi connectivity index (χ3n) is 3.64. The van der Waals surface area contributed by atoms with E-state index in [-0.39, 0.29) is 6.42 Å². The molecule has 0 aliphatic carbocycles. The van der Waals surface area contributed by atoms with Crippen molar-refractivity contribution in [2.75, 3.05) is 0 Å². The van der Waals surface area contributed by atoms with Crippen LogP contribution in [0.25, 0.3) is 0 Å². The molecule has 0 aliphatic rings. The van der Waals surface area contributed by atoms with Crippen LogP contribution in [0.3, 0.4) is 0 Å². The van der Waals surface area contributed by atoms with Crippen molar-refractivity contribution in [1.82, 2.24) is 4.57 Å². The minimum Gasteiger partial charge on any atom is -0.481 e. The van der Waals surface area contributed by atoms with Crippen LogP contribution in [-0.4, -0.2) is 26.7 Å². The largest absolute Gasteiger partial charge is 0.481 e. The Labute approximate surface area is 125 Å². The molecule has 0 spiro atoms. The lowest BCUT2D eigenvalue weighted by atomic mass is 10.0. The molecule has 118 valence electrons. The van der Waals surface area contributed by atoms with Gasteiger partial charge in [-0.15, -0.1) is 0 Å². The van der Waals surface area contributed by atoms with E-state index in [9.17, 15) is 14.7 Å². The Morgan fingerprint density at radius 1 is 0.857 bits per heavy atom. The van der Waals surface area contributed by atoms with Crippen molar-refractivity contribution < 1.29 is 19.8 Å². The second-order valence-corrected chi connectivity index (χ2v) is 5.39. The van der Waals surface area contributed by atoms with Crippen molar-refractivity contribution in [3.8, 4) is 0 Å². The molecular formula is C16H25NO4. The molecule has 1 aromatic rings. The van der Waals surface area contributed by atoms with Gasteiger partial charge in [0.1, 0.15) is 6.04 Å². The third-order valence-corrected chi connectivity index (χ3v) is 3.64. The van der Waals surface area contributed by atoms with Gasteiger partial charge in [0.05, 0.1) is 0 Å². The molecular weight excluding hydrogens is 270 g/mol. The van der Waals surface area contributed by atoms with E-state index in [4.69, 9.17) is 5.11 Å². The fraction of sp³-hybridized carbons (Fsp3) is 0.625. The molecule has 5 nitrogen and oxygen atoms in total. The van der Waals surface area contributed by atoms with Gasteiger partial charge in [0.2, 0.25) is 0 Å². The normalized spacial score (nSPS) is 12.2. The number of carboxylic acids is 2. The van der Waals surface area contributed by atoms with E-state index in [1.54, 1.807) is 17.0 Å². The number of carboxylic acid groups (broad SMARTS) is 2. The molecule has 0 saturated carbocycles. The SMILES string of the molecule is O=C(O)CCCCCCCCCC(C(=O)O)n1cccc1. The zero-order chi connectivity index (χ0) is 15.5. The van der Waals surface area contributed by atoms with Gasteiger partial charge in [-0.3, -0.25) is 4.79 Å². The lowest BCUT2D eigenvalue weighted by molar-refractivity contribution is -0.141. The predicted octanol–water partition coefficient (Wildman–Crippen LogP) is 3.71. The maximum atomic E-state index is 11.2. The molecule has 0 aromatic carbocycles. The van der Waals surface area contributed by atoms with Gasteiger partial charge in [-0.05, 0) is 25.0 Å². The summed E-state index contributed by atoms with van der Waals surface area (Å²) in [5.41, 5.74) is 0. The maximum Gasteiger partial charge on any atom is 0.326 e. The Morgan fingerprint density at radius 2 is 1.38 bits per heavy atom. The first-order chi connectivity index (χ1) is 10.1. The first kappa shape index (κ1) is 17.3. The molecule has 1 unspecified atom stereocenters. The number of hydrogen-bond acceptors (Lipinski definition) is 2. The molecule has 1 atom stereocenters. The van der Waals surface area contributed by atoms with Crippen LogP contribution in [-0.2, 0) is 9.59 Å². The highest BCUT2D eigenvalue weighted by Crippen LogP contribution is 2.18. The smallest absolute Gasteiger partial charge is 0.326 e. The van der Waals surface area contributed by atoms with Crippen molar-refractivity contribution in [2.45, 2.75) is 63.8 Å². The summed E-state index contributed by atoms with van der Waals surface area (Å²) in [6.07, 6.45) is 11.4. The summed E-state index contributed by atoms with van der Waals surface area (Å²) in [5, 5.41) is 17.7. The van der Waals surface area contributed by atoms with E-state index in [0.29, 0.717) is 6.42 Å². The van der Waals surface area contributed by atoms with Crippen LogP contribution in [0.2, 0.25) is 0 Å². The van der Waals surface area contributed by atoms with Gasteiger partial charge in [-0.2, -0.15) is 0 Å². The summed E-state index contributed by atoms with van der Waals surface area (Å²) >= 11 is 0. The highest BCUT2D eigenvalue weighted by molar-refractivity contribution is 5.71. The fourth-order valence-electron chi connectivity index (χ4n) is 2.45. The zero-order valence-electron chi connectivity index (χ0n) is 12.4. The van der Waals surface area contributed by atoms with Gasteiger partial charge < -0.3 is 14.8 Å². The Balaban J connectivity index is 2.05. The minimum absolute atomic E-state index is 0.261. The quantitative estimate of drug-likeness (QED) is 0.576. The number of unbranched alkanes of at least 4 members (excludes halogenated alkanes) is 6. The molecule has 1 aromatic heterocycles. The van der Waals surface area contributed by atoms with E-state index in [1.807, 2.05) is 12.1 Å². The molecule has 5 heteroatoms. The van der Waals surface area contributed by atoms with Crippen LogP contribution in [0.5, 0.6) is 0 Å². The molecule has 0 radical (unpaired) electrons. The highest BCUT2D eigenvalue weighted by atomic mass is 16.4. The molecule has 1 heterocycles. The summed E-state index contributed by atoms with van der Waals surface area (Å²) in [6, 6.07) is 3.22. The number of nitrogens with zero attached hydrogens (tertiary/aromatic N) is 1. The van der Waals surface area contributed by atoms with E-state index >= 15 is 0 Å². The average Bonchev–Trinajstić information content (AvgIpc) is 2.94. The number of rotatable bonds is 12. The van der Waals surface area contributed by atoms with Gasteiger partial charge in [-0.1, -0.05) is 38.5 Å². The molecule has 0 aliphatic heterocycles. The predicted molar refractivity (Wildman–Crippen MR) is 80.3 cm³/mol. The Hall–Kier alpha value is -1.78. The van der Waals surface area contributed by atoms with E-state index < -0.39 is 18.0 Å². The van der Waals surface area contributed by atoms with Gasteiger partial charge >= 0.3 is 11.9 Å². The zero-order valence-corrected chi connectivity index (χ0v) is 12.4. The number of carbonyl (C=O) groups is 2. The van der Waals surface area contributed by atoms with Crippen LogP contribution in [0.1, 0.15) is 63.8 Å². The van der Waals surface area contributed by atoms with Gasteiger partial charge in [-0.25, -0.2) is 4.79 Å². The Bertz CT molecular complexity index is 414. The molecule has 0 fully saturated rings. The lowest BCUT2D eigenvalue weighted by Crippen LogP contribution is -2.17.